The molecule has 0 radical (unpaired) electrons. The van der Waals surface area contributed by atoms with E-state index >= 15 is 0 Å². The summed E-state index contributed by atoms with van der Waals surface area (Å²) in [5.74, 6) is 0.534. The highest BCUT2D eigenvalue weighted by molar-refractivity contribution is 7.93. The van der Waals surface area contributed by atoms with Crippen molar-refractivity contribution in [3.05, 3.63) is 29.8 Å². The summed E-state index contributed by atoms with van der Waals surface area (Å²) in [6.07, 6.45) is 3.09. The summed E-state index contributed by atoms with van der Waals surface area (Å²) in [6, 6.07) is 7.79. The van der Waals surface area contributed by atoms with E-state index in [0.717, 1.165) is 36.1 Å². The number of nitrogens with zero attached hydrogens (tertiary/aromatic N) is 1. The van der Waals surface area contributed by atoms with Crippen LogP contribution in [0, 0.1) is 18.8 Å². The van der Waals surface area contributed by atoms with E-state index in [1.165, 1.54) is 0 Å². The summed E-state index contributed by atoms with van der Waals surface area (Å²) in [5.41, 5.74) is 0.539. The monoisotopic (exact) mass is 523 g/mol. The molecule has 7 heteroatoms. The van der Waals surface area contributed by atoms with Crippen LogP contribution in [-0.4, -0.2) is 53.8 Å². The third-order valence-electron chi connectivity index (χ3n) is 8.68. The fourth-order valence-electron chi connectivity index (χ4n) is 5.18. The number of hydrogen-bond donors (Lipinski definition) is 1. The van der Waals surface area contributed by atoms with Gasteiger partial charge in [0.2, 0.25) is 0 Å². The second-order valence-electron chi connectivity index (χ2n) is 12.8. The van der Waals surface area contributed by atoms with Gasteiger partial charge in [0.25, 0.3) is 0 Å². The van der Waals surface area contributed by atoms with Gasteiger partial charge in [-0.15, -0.1) is 0 Å². The SMILES string of the molecule is Cc1ccc([S@](=O)(C[C@@]23CCCC[C@@H]2[C@H](O)[C@H](C)O3)=N[C@@H](CO[Si](C)(C)C(C)(C)C)C(C)C)cc1. The van der Waals surface area contributed by atoms with Crippen LogP contribution in [0.4, 0.5) is 0 Å². The van der Waals surface area contributed by atoms with Crippen LogP contribution in [0.1, 0.15) is 72.8 Å². The Bertz CT molecular complexity index is 978. The number of aliphatic hydroxyl groups is 1. The largest absolute Gasteiger partial charge is 0.415 e. The molecular formula is C28H49NO4SSi. The first-order chi connectivity index (χ1) is 16.1. The number of aliphatic hydroxyl groups excluding tert-OH is 1. The van der Waals surface area contributed by atoms with Gasteiger partial charge in [0.1, 0.15) is 0 Å². The van der Waals surface area contributed by atoms with E-state index in [1.54, 1.807) is 0 Å². The number of ether oxygens (including phenoxy) is 1. The van der Waals surface area contributed by atoms with Crippen LogP contribution in [-0.2, 0) is 18.9 Å². The van der Waals surface area contributed by atoms with E-state index in [-0.39, 0.29) is 29.0 Å². The van der Waals surface area contributed by atoms with Crippen LogP contribution in [0.25, 0.3) is 0 Å². The Labute approximate surface area is 215 Å². The van der Waals surface area contributed by atoms with E-state index in [4.69, 9.17) is 13.5 Å². The van der Waals surface area contributed by atoms with Gasteiger partial charge in [-0.2, -0.15) is 0 Å². The molecule has 1 saturated carbocycles. The number of aryl methyl sites for hydroxylation is 1. The van der Waals surface area contributed by atoms with Crippen LogP contribution in [0.2, 0.25) is 18.1 Å². The van der Waals surface area contributed by atoms with Crippen LogP contribution >= 0.6 is 0 Å². The zero-order valence-corrected chi connectivity index (χ0v) is 25.3. The van der Waals surface area contributed by atoms with Gasteiger partial charge >= 0.3 is 0 Å². The standard InChI is InChI=1S/C28H49NO4SSi/c1-20(2)25(18-32-35(8,9)27(5,6)7)29-34(31,23-15-13-21(3)14-16-23)19-28-17-11-10-12-24(28)26(30)22(4)33-28/h13-16,20,22,24-26,30H,10-12,17-19H2,1-9H3/t22-,24+,25-,26+,28-,34+/m0/s1. The molecular weight excluding hydrogens is 474 g/mol. The number of fused-ring (bicyclic) bond motifs is 1. The van der Waals surface area contributed by atoms with E-state index in [9.17, 15) is 9.32 Å². The molecule has 3 rings (SSSR count). The first kappa shape index (κ1) is 28.8. The average Bonchev–Trinajstić information content (AvgIpc) is 3.00. The molecule has 35 heavy (non-hydrogen) atoms. The van der Waals surface area contributed by atoms with Gasteiger partial charge in [0.05, 0.1) is 45.9 Å². The van der Waals surface area contributed by atoms with Crippen LogP contribution in [0.15, 0.2) is 33.5 Å². The van der Waals surface area contributed by atoms with Crippen molar-refractivity contribution in [1.82, 2.24) is 0 Å². The molecule has 6 atom stereocenters. The maximum absolute atomic E-state index is 15.0. The Morgan fingerprint density at radius 3 is 2.43 bits per heavy atom. The summed E-state index contributed by atoms with van der Waals surface area (Å²) in [7, 11) is -4.79. The highest BCUT2D eigenvalue weighted by Crippen LogP contribution is 2.48. The van der Waals surface area contributed by atoms with Gasteiger partial charge in [-0.05, 0) is 62.9 Å². The fraction of sp³-hybridized carbons (Fsp3) is 0.786. The second-order valence-corrected chi connectivity index (χ2v) is 19.9. The molecule has 1 N–H and O–H groups in total. The van der Waals surface area contributed by atoms with Gasteiger partial charge in [-0.25, -0.2) is 8.57 Å². The predicted molar refractivity (Wildman–Crippen MR) is 148 cm³/mol. The van der Waals surface area contributed by atoms with E-state index in [0.29, 0.717) is 12.4 Å². The molecule has 1 aromatic carbocycles. The lowest BCUT2D eigenvalue weighted by Gasteiger charge is -2.40. The van der Waals surface area contributed by atoms with Gasteiger partial charge in [-0.3, -0.25) is 0 Å². The van der Waals surface area contributed by atoms with Crippen molar-refractivity contribution in [2.45, 2.75) is 121 Å². The molecule has 200 valence electrons. The highest BCUT2D eigenvalue weighted by Gasteiger charge is 2.55. The third-order valence-corrected chi connectivity index (χ3v) is 15.7. The lowest BCUT2D eigenvalue weighted by atomic mass is 9.75. The van der Waals surface area contributed by atoms with Crippen molar-refractivity contribution in [3.8, 4) is 0 Å². The fourth-order valence-corrected chi connectivity index (χ4v) is 8.96. The minimum Gasteiger partial charge on any atom is -0.415 e. The third kappa shape index (κ3) is 6.23. The summed E-state index contributed by atoms with van der Waals surface area (Å²) in [5, 5.41) is 11.0. The Morgan fingerprint density at radius 2 is 1.86 bits per heavy atom. The molecule has 1 saturated heterocycles. The van der Waals surface area contributed by atoms with E-state index in [1.807, 2.05) is 38.1 Å². The molecule has 0 bridgehead atoms. The number of rotatable bonds is 8. The Hall–Kier alpha value is -0.733. The molecule has 2 fully saturated rings. The first-order valence-electron chi connectivity index (χ1n) is 13.4. The zero-order chi connectivity index (χ0) is 26.2. The molecule has 5 nitrogen and oxygen atoms in total. The Morgan fingerprint density at radius 1 is 1.23 bits per heavy atom. The van der Waals surface area contributed by atoms with Gasteiger partial charge in [0.15, 0.2) is 8.32 Å². The molecule has 0 unspecified atom stereocenters. The molecule has 0 spiro atoms. The van der Waals surface area contributed by atoms with Gasteiger partial charge < -0.3 is 14.3 Å². The summed E-state index contributed by atoms with van der Waals surface area (Å²) < 4.78 is 33.2. The van der Waals surface area contributed by atoms with Crippen molar-refractivity contribution < 1.29 is 18.5 Å². The van der Waals surface area contributed by atoms with Gasteiger partial charge in [0, 0.05) is 10.8 Å². The van der Waals surface area contributed by atoms with Crippen molar-refractivity contribution in [3.63, 3.8) is 0 Å². The first-order valence-corrected chi connectivity index (χ1v) is 18.0. The topological polar surface area (TPSA) is 68.1 Å². The molecule has 1 aliphatic heterocycles. The van der Waals surface area contributed by atoms with Gasteiger partial charge in [-0.1, -0.05) is 65.2 Å². The molecule has 1 heterocycles. The van der Waals surface area contributed by atoms with Crippen molar-refractivity contribution >= 4 is 18.0 Å². The van der Waals surface area contributed by atoms with E-state index in [2.05, 4.69) is 47.7 Å². The lowest BCUT2D eigenvalue weighted by Crippen LogP contribution is -2.47. The average molecular weight is 524 g/mol. The summed E-state index contributed by atoms with van der Waals surface area (Å²) in [6.45, 7) is 20.0. The molecule has 1 aliphatic carbocycles. The summed E-state index contributed by atoms with van der Waals surface area (Å²) in [4.78, 5) is 0.761. The Kier molecular flexibility index (Phi) is 8.70. The molecule has 1 aromatic rings. The van der Waals surface area contributed by atoms with Crippen molar-refractivity contribution in [2.75, 3.05) is 12.4 Å². The minimum atomic E-state index is -2.82. The second kappa shape index (κ2) is 10.6. The predicted octanol–water partition coefficient (Wildman–Crippen LogP) is 6.58. The smallest absolute Gasteiger partial charge is 0.192 e. The maximum atomic E-state index is 15.0. The lowest BCUT2D eigenvalue weighted by molar-refractivity contribution is -0.0547. The van der Waals surface area contributed by atoms with Crippen LogP contribution in [0.5, 0.6) is 0 Å². The van der Waals surface area contributed by atoms with E-state index < -0.39 is 29.8 Å². The summed E-state index contributed by atoms with van der Waals surface area (Å²) >= 11 is 0. The van der Waals surface area contributed by atoms with Crippen LogP contribution in [0.3, 0.4) is 0 Å². The minimum absolute atomic E-state index is 0.00806. The van der Waals surface area contributed by atoms with Crippen molar-refractivity contribution in [2.24, 2.45) is 16.2 Å². The normalized spacial score (nSPS) is 30.1. The number of benzene rings is 1. The maximum Gasteiger partial charge on any atom is 0.192 e. The number of hydrogen-bond acceptors (Lipinski definition) is 5. The quantitative estimate of drug-likeness (QED) is 0.391. The van der Waals surface area contributed by atoms with Crippen LogP contribution < -0.4 is 0 Å². The highest BCUT2D eigenvalue weighted by atomic mass is 32.2. The van der Waals surface area contributed by atoms with Crippen molar-refractivity contribution in [1.29, 1.82) is 0 Å². The molecule has 2 aliphatic rings. The molecule has 0 aromatic heterocycles. The molecule has 0 amide bonds. The Balaban J connectivity index is 2.04. The zero-order valence-electron chi connectivity index (χ0n) is 23.5.